The van der Waals surface area contributed by atoms with E-state index in [2.05, 4.69) is 5.32 Å². The Morgan fingerprint density at radius 2 is 2.00 bits per heavy atom. The van der Waals surface area contributed by atoms with E-state index >= 15 is 0 Å². The van der Waals surface area contributed by atoms with Gasteiger partial charge in [-0.15, -0.1) is 0 Å². The number of nitrogens with two attached hydrogens (primary N) is 1. The molecule has 0 bridgehead atoms. The van der Waals surface area contributed by atoms with Crippen LogP contribution in [0.3, 0.4) is 0 Å². The second kappa shape index (κ2) is 6.21. The minimum absolute atomic E-state index is 0.0936. The fourth-order valence-electron chi connectivity index (χ4n) is 1.87. The van der Waals surface area contributed by atoms with Crippen LogP contribution in [0.25, 0.3) is 0 Å². The quantitative estimate of drug-likeness (QED) is 0.863. The van der Waals surface area contributed by atoms with Crippen LogP contribution in [0.2, 0.25) is 5.02 Å². The molecule has 100 valence electrons. The van der Waals surface area contributed by atoms with Gasteiger partial charge in [0.05, 0.1) is 5.54 Å². The molecule has 1 aromatic rings. The maximum atomic E-state index is 12.2. The van der Waals surface area contributed by atoms with Crippen molar-refractivity contribution in [2.75, 3.05) is 6.54 Å². The van der Waals surface area contributed by atoms with Crippen molar-refractivity contribution in [3.05, 3.63) is 34.3 Å². The summed E-state index contributed by atoms with van der Waals surface area (Å²) in [5.41, 5.74) is 6.98. The zero-order chi connectivity index (χ0) is 13.8. The van der Waals surface area contributed by atoms with Crippen LogP contribution in [0.15, 0.2) is 18.2 Å². The molecule has 0 fully saturated rings. The molecule has 0 saturated carbocycles. The summed E-state index contributed by atoms with van der Waals surface area (Å²) in [7, 11) is 0. The standard InChI is InChI=1S/C14H21ClN2O/c1-4-14(5-2,9-16)17-13(18)11-6-7-12(15)10(3)8-11/h6-8H,4-5,9,16H2,1-3H3,(H,17,18). The van der Waals surface area contributed by atoms with Gasteiger partial charge in [0, 0.05) is 17.1 Å². The van der Waals surface area contributed by atoms with E-state index in [0.29, 0.717) is 17.1 Å². The summed E-state index contributed by atoms with van der Waals surface area (Å²) in [6, 6.07) is 5.27. The Morgan fingerprint density at radius 1 is 1.39 bits per heavy atom. The second-order valence-corrected chi connectivity index (χ2v) is 5.02. The van der Waals surface area contributed by atoms with Crippen LogP contribution in [-0.4, -0.2) is 18.0 Å². The highest BCUT2D eigenvalue weighted by Crippen LogP contribution is 2.18. The van der Waals surface area contributed by atoms with Crippen molar-refractivity contribution in [2.45, 2.75) is 39.2 Å². The molecule has 0 radical (unpaired) electrons. The monoisotopic (exact) mass is 268 g/mol. The molecule has 0 saturated heterocycles. The van der Waals surface area contributed by atoms with Crippen molar-refractivity contribution in [1.82, 2.24) is 5.32 Å². The van der Waals surface area contributed by atoms with Crippen molar-refractivity contribution in [2.24, 2.45) is 5.73 Å². The molecule has 0 aromatic heterocycles. The van der Waals surface area contributed by atoms with Gasteiger partial charge in [-0.25, -0.2) is 0 Å². The summed E-state index contributed by atoms with van der Waals surface area (Å²) < 4.78 is 0. The van der Waals surface area contributed by atoms with Gasteiger partial charge in [-0.2, -0.15) is 0 Å². The first-order valence-electron chi connectivity index (χ1n) is 6.26. The maximum Gasteiger partial charge on any atom is 0.251 e. The number of aryl methyl sites for hydroxylation is 1. The van der Waals surface area contributed by atoms with Gasteiger partial charge in [-0.1, -0.05) is 25.4 Å². The molecular formula is C14H21ClN2O. The van der Waals surface area contributed by atoms with Gasteiger partial charge in [-0.3, -0.25) is 4.79 Å². The molecule has 0 aliphatic rings. The summed E-state index contributed by atoms with van der Waals surface area (Å²) in [6.45, 7) is 6.39. The van der Waals surface area contributed by atoms with Crippen LogP contribution < -0.4 is 11.1 Å². The van der Waals surface area contributed by atoms with Crippen LogP contribution in [0.1, 0.15) is 42.6 Å². The molecule has 0 heterocycles. The highest BCUT2D eigenvalue weighted by Gasteiger charge is 2.26. The lowest BCUT2D eigenvalue weighted by Gasteiger charge is -2.31. The van der Waals surface area contributed by atoms with Crippen molar-refractivity contribution < 1.29 is 4.79 Å². The van der Waals surface area contributed by atoms with E-state index in [9.17, 15) is 4.79 Å². The molecule has 0 unspecified atom stereocenters. The van der Waals surface area contributed by atoms with Gasteiger partial charge in [0.2, 0.25) is 0 Å². The Labute approximate surface area is 114 Å². The number of carbonyl (C=O) groups is 1. The second-order valence-electron chi connectivity index (χ2n) is 4.61. The first-order chi connectivity index (χ1) is 8.48. The van der Waals surface area contributed by atoms with Crippen LogP contribution >= 0.6 is 11.6 Å². The molecule has 4 heteroatoms. The van der Waals surface area contributed by atoms with Crippen molar-refractivity contribution >= 4 is 17.5 Å². The van der Waals surface area contributed by atoms with Gasteiger partial charge in [-0.05, 0) is 43.5 Å². The largest absolute Gasteiger partial charge is 0.345 e. The molecule has 3 nitrogen and oxygen atoms in total. The van der Waals surface area contributed by atoms with Crippen molar-refractivity contribution in [3.63, 3.8) is 0 Å². The molecule has 1 rings (SSSR count). The third kappa shape index (κ3) is 3.24. The van der Waals surface area contributed by atoms with Crippen LogP contribution in [0.4, 0.5) is 0 Å². The smallest absolute Gasteiger partial charge is 0.251 e. The number of nitrogens with one attached hydrogen (secondary N) is 1. The molecule has 0 aliphatic carbocycles. The molecule has 18 heavy (non-hydrogen) atoms. The molecule has 0 aliphatic heterocycles. The van der Waals surface area contributed by atoms with Gasteiger partial charge in [0.25, 0.3) is 5.91 Å². The van der Waals surface area contributed by atoms with E-state index in [1.165, 1.54) is 0 Å². The van der Waals surface area contributed by atoms with E-state index in [0.717, 1.165) is 18.4 Å². The molecule has 3 N–H and O–H groups in total. The Morgan fingerprint density at radius 3 is 2.44 bits per heavy atom. The summed E-state index contributed by atoms with van der Waals surface area (Å²) in [5.74, 6) is -0.0936. The van der Waals surface area contributed by atoms with Crippen molar-refractivity contribution in [3.8, 4) is 0 Å². The minimum Gasteiger partial charge on any atom is -0.345 e. The van der Waals surface area contributed by atoms with Crippen LogP contribution in [0.5, 0.6) is 0 Å². The van der Waals surface area contributed by atoms with Gasteiger partial charge in [0.15, 0.2) is 0 Å². The third-order valence-corrected chi connectivity index (χ3v) is 3.97. The predicted molar refractivity (Wildman–Crippen MR) is 76.0 cm³/mol. The van der Waals surface area contributed by atoms with E-state index < -0.39 is 0 Å². The lowest BCUT2D eigenvalue weighted by atomic mass is 9.92. The number of amides is 1. The fraction of sp³-hybridized carbons (Fsp3) is 0.500. The number of rotatable bonds is 5. The molecule has 1 aromatic carbocycles. The number of hydrogen-bond donors (Lipinski definition) is 2. The highest BCUT2D eigenvalue weighted by molar-refractivity contribution is 6.31. The molecule has 1 amide bonds. The number of halogens is 1. The first-order valence-corrected chi connectivity index (χ1v) is 6.64. The Balaban J connectivity index is 2.90. The average Bonchev–Trinajstić information content (AvgIpc) is 2.39. The lowest BCUT2D eigenvalue weighted by molar-refractivity contribution is 0.0895. The Kier molecular flexibility index (Phi) is 5.17. The summed E-state index contributed by atoms with van der Waals surface area (Å²) in [4.78, 5) is 12.2. The normalized spacial score (nSPS) is 11.4. The third-order valence-electron chi connectivity index (χ3n) is 3.54. The van der Waals surface area contributed by atoms with Crippen LogP contribution in [-0.2, 0) is 0 Å². The van der Waals surface area contributed by atoms with E-state index in [1.54, 1.807) is 18.2 Å². The van der Waals surface area contributed by atoms with Gasteiger partial charge < -0.3 is 11.1 Å². The molecule has 0 atom stereocenters. The summed E-state index contributed by atoms with van der Waals surface area (Å²) in [5, 5.41) is 3.70. The first kappa shape index (κ1) is 15.0. The maximum absolute atomic E-state index is 12.2. The average molecular weight is 269 g/mol. The van der Waals surface area contributed by atoms with E-state index in [-0.39, 0.29) is 11.4 Å². The number of benzene rings is 1. The predicted octanol–water partition coefficient (Wildman–Crippen LogP) is 2.90. The SMILES string of the molecule is CCC(CC)(CN)NC(=O)c1ccc(Cl)c(C)c1. The van der Waals surface area contributed by atoms with E-state index in [1.807, 2.05) is 20.8 Å². The van der Waals surface area contributed by atoms with Gasteiger partial charge in [0.1, 0.15) is 0 Å². The van der Waals surface area contributed by atoms with Crippen LogP contribution in [0, 0.1) is 6.92 Å². The topological polar surface area (TPSA) is 55.1 Å². The zero-order valence-corrected chi connectivity index (χ0v) is 12.0. The fourth-order valence-corrected chi connectivity index (χ4v) is 1.98. The minimum atomic E-state index is -0.315. The number of carbonyl (C=O) groups excluding carboxylic acids is 1. The lowest BCUT2D eigenvalue weighted by Crippen LogP contribution is -2.52. The Hall–Kier alpha value is -1.06. The highest BCUT2D eigenvalue weighted by atomic mass is 35.5. The molecular weight excluding hydrogens is 248 g/mol. The summed E-state index contributed by atoms with van der Waals surface area (Å²) in [6.07, 6.45) is 1.64. The summed E-state index contributed by atoms with van der Waals surface area (Å²) >= 11 is 5.95. The van der Waals surface area contributed by atoms with Crippen molar-refractivity contribution in [1.29, 1.82) is 0 Å². The van der Waals surface area contributed by atoms with Gasteiger partial charge >= 0.3 is 0 Å². The Bertz CT molecular complexity index is 420. The number of hydrogen-bond acceptors (Lipinski definition) is 2. The van der Waals surface area contributed by atoms with E-state index in [4.69, 9.17) is 17.3 Å². The zero-order valence-electron chi connectivity index (χ0n) is 11.2. The molecule has 0 spiro atoms.